The average Bonchev–Trinajstić information content (AvgIpc) is 3.48. The fourth-order valence-corrected chi connectivity index (χ4v) is 3.48. The Morgan fingerprint density at radius 3 is 2.83 bits per heavy atom. The van der Waals surface area contributed by atoms with Crippen LogP contribution in [0.25, 0.3) is 0 Å². The molecule has 1 amide bonds. The van der Waals surface area contributed by atoms with Crippen LogP contribution < -0.4 is 0 Å². The molecule has 30 heavy (non-hydrogen) atoms. The van der Waals surface area contributed by atoms with Crippen LogP contribution in [0.4, 0.5) is 13.2 Å². The van der Waals surface area contributed by atoms with Crippen LogP contribution in [0.2, 0.25) is 0 Å². The van der Waals surface area contributed by atoms with Crippen molar-refractivity contribution < 1.29 is 22.4 Å². The monoisotopic (exact) mass is 419 g/mol. The maximum absolute atomic E-state index is 13.2. The first kappa shape index (κ1) is 20.1. The Hall–Kier alpha value is -3.17. The quantitative estimate of drug-likeness (QED) is 0.632. The summed E-state index contributed by atoms with van der Waals surface area (Å²) in [5.74, 6) is 0.307. The van der Waals surface area contributed by atoms with E-state index in [0.29, 0.717) is 37.4 Å². The van der Waals surface area contributed by atoms with Crippen LogP contribution in [0.1, 0.15) is 52.8 Å². The SMILES string of the molecule is CCc1cc(C(F)(F)F)nc([C@H]2CCN(C(=O)c3ccc(Cn4ccnc4)o3)C2)n1. The van der Waals surface area contributed by atoms with E-state index in [2.05, 4.69) is 15.0 Å². The molecule has 0 N–H and O–H groups in total. The molecule has 0 unspecified atom stereocenters. The largest absolute Gasteiger partial charge is 0.454 e. The maximum atomic E-state index is 13.2. The third-order valence-corrected chi connectivity index (χ3v) is 5.06. The van der Waals surface area contributed by atoms with Crippen molar-refractivity contribution in [1.29, 1.82) is 0 Å². The Morgan fingerprint density at radius 2 is 2.13 bits per heavy atom. The van der Waals surface area contributed by atoms with Crippen LogP contribution in [0.15, 0.2) is 41.3 Å². The Labute approximate surface area is 170 Å². The first-order valence-electron chi connectivity index (χ1n) is 9.62. The van der Waals surface area contributed by atoms with Gasteiger partial charge >= 0.3 is 6.18 Å². The van der Waals surface area contributed by atoms with Gasteiger partial charge < -0.3 is 13.9 Å². The third kappa shape index (κ3) is 4.22. The minimum absolute atomic E-state index is 0.136. The van der Waals surface area contributed by atoms with Crippen LogP contribution in [0.3, 0.4) is 0 Å². The zero-order valence-corrected chi connectivity index (χ0v) is 16.3. The van der Waals surface area contributed by atoms with Gasteiger partial charge in [0.25, 0.3) is 5.91 Å². The molecule has 3 aromatic heterocycles. The molecule has 0 bridgehead atoms. The molecule has 158 valence electrons. The average molecular weight is 419 g/mol. The van der Waals surface area contributed by atoms with E-state index in [1.807, 2.05) is 4.57 Å². The van der Waals surface area contributed by atoms with E-state index in [9.17, 15) is 18.0 Å². The van der Waals surface area contributed by atoms with Gasteiger partial charge in [0, 0.05) is 37.1 Å². The summed E-state index contributed by atoms with van der Waals surface area (Å²) < 4.78 is 47.0. The molecular formula is C20H20F3N5O2. The molecule has 7 nitrogen and oxygen atoms in total. The number of rotatable bonds is 5. The predicted molar refractivity (Wildman–Crippen MR) is 99.7 cm³/mol. The summed E-state index contributed by atoms with van der Waals surface area (Å²) >= 11 is 0. The topological polar surface area (TPSA) is 77.0 Å². The van der Waals surface area contributed by atoms with Gasteiger partial charge in [0.2, 0.25) is 0 Å². The molecule has 0 saturated carbocycles. The molecule has 4 rings (SSSR count). The number of nitrogens with zero attached hydrogens (tertiary/aromatic N) is 5. The summed E-state index contributed by atoms with van der Waals surface area (Å²) in [6, 6.07) is 4.31. The number of carbonyl (C=O) groups is 1. The Kier molecular flexibility index (Phi) is 5.31. The molecule has 1 fully saturated rings. The smallest absolute Gasteiger partial charge is 0.433 e. The van der Waals surface area contributed by atoms with Crippen LogP contribution in [0.5, 0.6) is 0 Å². The van der Waals surface area contributed by atoms with Gasteiger partial charge in [-0.2, -0.15) is 13.2 Å². The van der Waals surface area contributed by atoms with Crippen LogP contribution >= 0.6 is 0 Å². The number of carbonyl (C=O) groups excluding carboxylic acids is 1. The number of likely N-dealkylation sites (tertiary alicyclic amines) is 1. The zero-order chi connectivity index (χ0) is 21.3. The first-order chi connectivity index (χ1) is 14.3. The number of alkyl halides is 3. The highest BCUT2D eigenvalue weighted by atomic mass is 19.4. The van der Waals surface area contributed by atoms with E-state index in [1.54, 1.807) is 42.7 Å². The summed E-state index contributed by atoms with van der Waals surface area (Å²) in [5, 5.41) is 0. The van der Waals surface area contributed by atoms with Crippen LogP contribution in [-0.4, -0.2) is 43.4 Å². The molecule has 0 aromatic carbocycles. The van der Waals surface area contributed by atoms with E-state index in [4.69, 9.17) is 4.42 Å². The van der Waals surface area contributed by atoms with Gasteiger partial charge in [-0.05, 0) is 31.0 Å². The van der Waals surface area contributed by atoms with E-state index < -0.39 is 11.9 Å². The molecule has 0 aliphatic carbocycles. The van der Waals surface area contributed by atoms with Gasteiger partial charge in [0.05, 0.1) is 12.9 Å². The summed E-state index contributed by atoms with van der Waals surface area (Å²) in [7, 11) is 0. The van der Waals surface area contributed by atoms with E-state index in [-0.39, 0.29) is 30.0 Å². The zero-order valence-electron chi connectivity index (χ0n) is 16.3. The lowest BCUT2D eigenvalue weighted by Crippen LogP contribution is -2.28. The van der Waals surface area contributed by atoms with E-state index >= 15 is 0 Å². The second-order valence-electron chi connectivity index (χ2n) is 7.19. The van der Waals surface area contributed by atoms with Crippen molar-refractivity contribution in [1.82, 2.24) is 24.4 Å². The molecule has 3 aromatic rings. The van der Waals surface area contributed by atoms with Crippen molar-refractivity contribution in [3.63, 3.8) is 0 Å². The van der Waals surface area contributed by atoms with Crippen molar-refractivity contribution >= 4 is 5.91 Å². The Morgan fingerprint density at radius 1 is 1.30 bits per heavy atom. The van der Waals surface area contributed by atoms with E-state index in [1.165, 1.54) is 0 Å². The van der Waals surface area contributed by atoms with Crippen LogP contribution in [0, 0.1) is 0 Å². The lowest BCUT2D eigenvalue weighted by atomic mass is 10.1. The third-order valence-electron chi connectivity index (χ3n) is 5.06. The van der Waals surface area contributed by atoms with Crippen LogP contribution in [-0.2, 0) is 19.1 Å². The highest BCUT2D eigenvalue weighted by Crippen LogP contribution is 2.31. The Balaban J connectivity index is 1.47. The molecule has 4 heterocycles. The number of aromatic nitrogens is 4. The van der Waals surface area contributed by atoms with Gasteiger partial charge in [0.1, 0.15) is 17.3 Å². The van der Waals surface area contributed by atoms with Crippen molar-refractivity contribution in [3.8, 4) is 0 Å². The molecule has 1 aliphatic rings. The molecular weight excluding hydrogens is 399 g/mol. The van der Waals surface area contributed by atoms with Gasteiger partial charge in [0.15, 0.2) is 5.76 Å². The van der Waals surface area contributed by atoms with Gasteiger partial charge in [-0.1, -0.05) is 6.92 Å². The van der Waals surface area contributed by atoms with Crippen molar-refractivity contribution in [2.45, 2.75) is 38.4 Å². The maximum Gasteiger partial charge on any atom is 0.433 e. The molecule has 1 atom stereocenters. The standard InChI is InChI=1S/C20H20F3N5O2/c1-2-14-9-17(20(21,22)23)26-18(25-14)13-5-7-28(10-13)19(29)16-4-3-15(30-16)11-27-8-6-24-12-27/h3-4,6,8-9,12-13H,2,5,7,10-11H2,1H3/t13-/m0/s1. The Bertz CT molecular complexity index is 1030. The predicted octanol–water partition coefficient (Wildman–Crippen LogP) is 3.53. The van der Waals surface area contributed by atoms with E-state index in [0.717, 1.165) is 6.07 Å². The van der Waals surface area contributed by atoms with Gasteiger partial charge in [-0.3, -0.25) is 4.79 Å². The number of imidazole rings is 1. The highest BCUT2D eigenvalue weighted by Gasteiger charge is 2.36. The number of hydrogen-bond donors (Lipinski definition) is 0. The number of aryl methyl sites for hydroxylation is 1. The van der Waals surface area contributed by atoms with Crippen molar-refractivity contribution in [3.05, 3.63) is 65.7 Å². The molecule has 0 spiro atoms. The summed E-state index contributed by atoms with van der Waals surface area (Å²) in [6.07, 6.45) is 1.43. The van der Waals surface area contributed by atoms with Gasteiger partial charge in [-0.25, -0.2) is 15.0 Å². The van der Waals surface area contributed by atoms with Gasteiger partial charge in [-0.15, -0.1) is 0 Å². The molecule has 10 heteroatoms. The number of hydrogen-bond acceptors (Lipinski definition) is 5. The minimum Gasteiger partial charge on any atom is -0.454 e. The summed E-state index contributed by atoms with van der Waals surface area (Å²) in [6.45, 7) is 2.85. The first-order valence-corrected chi connectivity index (χ1v) is 9.62. The van der Waals surface area contributed by atoms with Crippen molar-refractivity contribution in [2.24, 2.45) is 0 Å². The second-order valence-corrected chi connectivity index (χ2v) is 7.19. The fourth-order valence-electron chi connectivity index (χ4n) is 3.48. The highest BCUT2D eigenvalue weighted by molar-refractivity contribution is 5.91. The lowest BCUT2D eigenvalue weighted by molar-refractivity contribution is -0.141. The number of halogens is 3. The summed E-state index contributed by atoms with van der Waals surface area (Å²) in [5.41, 5.74) is -0.600. The second kappa shape index (κ2) is 7.92. The summed E-state index contributed by atoms with van der Waals surface area (Å²) in [4.78, 5) is 26.3. The molecule has 1 saturated heterocycles. The number of amides is 1. The lowest BCUT2D eigenvalue weighted by Gasteiger charge is -2.16. The fraction of sp³-hybridized carbons (Fsp3) is 0.400. The normalized spacial score (nSPS) is 16.9. The number of furan rings is 1. The minimum atomic E-state index is -4.53. The molecule has 1 aliphatic heterocycles. The molecule has 0 radical (unpaired) electrons. The van der Waals surface area contributed by atoms with Crippen molar-refractivity contribution in [2.75, 3.05) is 13.1 Å².